The Hall–Kier alpha value is -1.96. The van der Waals surface area contributed by atoms with Gasteiger partial charge in [0.1, 0.15) is 5.82 Å². The summed E-state index contributed by atoms with van der Waals surface area (Å²) in [6.07, 6.45) is 3.34. The molecule has 0 atom stereocenters. The van der Waals surface area contributed by atoms with Crippen LogP contribution in [0.5, 0.6) is 0 Å². The van der Waals surface area contributed by atoms with Gasteiger partial charge in [0.15, 0.2) is 0 Å². The van der Waals surface area contributed by atoms with E-state index in [1.54, 1.807) is 12.1 Å². The van der Waals surface area contributed by atoms with E-state index in [4.69, 9.17) is 0 Å². The number of amides is 1. The third-order valence-corrected chi connectivity index (χ3v) is 4.45. The molecule has 6 nitrogen and oxygen atoms in total. The molecule has 8 heteroatoms. The molecule has 22 heavy (non-hydrogen) atoms. The average Bonchev–Trinajstić information content (AvgIpc) is 3.02. The molecule has 1 amide bonds. The number of hydrogen-bond donors (Lipinski definition) is 0. The zero-order chi connectivity index (χ0) is 15.4. The van der Waals surface area contributed by atoms with Crippen molar-refractivity contribution in [2.24, 2.45) is 0 Å². The van der Waals surface area contributed by atoms with Crippen molar-refractivity contribution in [1.82, 2.24) is 25.1 Å². The molecule has 0 saturated carbocycles. The average molecular weight is 321 g/mol. The standard InChI is InChI=1S/C14H16FN5OS/c15-11-4-6-12(7-5-11)20-14(16-17-18-20)22-10-13(21)19-8-2-1-3-9-19/h4-7H,1-3,8-10H2. The number of halogens is 1. The maximum atomic E-state index is 13.0. The second-order valence-corrected chi connectivity index (χ2v) is 6.02. The van der Waals surface area contributed by atoms with Crippen molar-refractivity contribution < 1.29 is 9.18 Å². The highest BCUT2D eigenvalue weighted by molar-refractivity contribution is 7.99. The van der Waals surface area contributed by atoms with Crippen molar-refractivity contribution in [3.05, 3.63) is 30.1 Å². The van der Waals surface area contributed by atoms with Crippen LogP contribution in [-0.4, -0.2) is 49.9 Å². The second kappa shape index (κ2) is 6.87. The highest BCUT2D eigenvalue weighted by atomic mass is 32.2. The Bertz CT molecular complexity index is 639. The van der Waals surface area contributed by atoms with Gasteiger partial charge in [-0.3, -0.25) is 4.79 Å². The highest BCUT2D eigenvalue weighted by Gasteiger charge is 2.18. The maximum Gasteiger partial charge on any atom is 0.233 e. The largest absolute Gasteiger partial charge is 0.342 e. The van der Waals surface area contributed by atoms with E-state index in [9.17, 15) is 9.18 Å². The first-order valence-corrected chi connectivity index (χ1v) is 8.17. The molecule has 1 fully saturated rings. The molecule has 1 aromatic carbocycles. The molecular weight excluding hydrogens is 305 g/mol. The number of likely N-dealkylation sites (tertiary alicyclic amines) is 1. The van der Waals surface area contributed by atoms with Crippen molar-refractivity contribution >= 4 is 17.7 Å². The van der Waals surface area contributed by atoms with Crippen LogP contribution in [0.3, 0.4) is 0 Å². The molecule has 2 heterocycles. The summed E-state index contributed by atoms with van der Waals surface area (Å²) >= 11 is 1.30. The second-order valence-electron chi connectivity index (χ2n) is 5.08. The van der Waals surface area contributed by atoms with Crippen LogP contribution in [0, 0.1) is 5.82 Å². The van der Waals surface area contributed by atoms with Crippen LogP contribution in [-0.2, 0) is 4.79 Å². The summed E-state index contributed by atoms with van der Waals surface area (Å²) in [6.45, 7) is 1.67. The summed E-state index contributed by atoms with van der Waals surface area (Å²) in [5, 5.41) is 12.0. The van der Waals surface area contributed by atoms with Gasteiger partial charge in [0.05, 0.1) is 11.4 Å². The number of carbonyl (C=O) groups is 1. The van der Waals surface area contributed by atoms with Crippen molar-refractivity contribution in [3.63, 3.8) is 0 Å². The Morgan fingerprint density at radius 2 is 1.91 bits per heavy atom. The Morgan fingerprint density at radius 1 is 1.18 bits per heavy atom. The maximum absolute atomic E-state index is 13.0. The van der Waals surface area contributed by atoms with E-state index in [0.717, 1.165) is 25.9 Å². The van der Waals surface area contributed by atoms with E-state index < -0.39 is 0 Å². The molecule has 0 radical (unpaired) electrons. The van der Waals surface area contributed by atoms with Crippen molar-refractivity contribution in [3.8, 4) is 5.69 Å². The normalized spacial score (nSPS) is 15.0. The van der Waals surface area contributed by atoms with Gasteiger partial charge in [-0.05, 0) is 54.0 Å². The summed E-state index contributed by atoms with van der Waals surface area (Å²) in [7, 11) is 0. The molecule has 1 aromatic heterocycles. The molecule has 116 valence electrons. The number of benzene rings is 1. The monoisotopic (exact) mass is 321 g/mol. The minimum atomic E-state index is -0.314. The van der Waals surface area contributed by atoms with E-state index in [-0.39, 0.29) is 11.7 Å². The van der Waals surface area contributed by atoms with Gasteiger partial charge in [-0.25, -0.2) is 4.39 Å². The number of carbonyl (C=O) groups excluding carboxylic acids is 1. The summed E-state index contributed by atoms with van der Waals surface area (Å²) in [4.78, 5) is 14.1. The fourth-order valence-corrected chi connectivity index (χ4v) is 3.17. The molecule has 0 spiro atoms. The lowest BCUT2D eigenvalue weighted by atomic mass is 10.1. The third-order valence-electron chi connectivity index (χ3n) is 3.55. The fourth-order valence-electron chi connectivity index (χ4n) is 2.37. The van der Waals surface area contributed by atoms with Crippen molar-refractivity contribution in [2.75, 3.05) is 18.8 Å². The lowest BCUT2D eigenvalue weighted by molar-refractivity contribution is -0.129. The highest BCUT2D eigenvalue weighted by Crippen LogP contribution is 2.19. The predicted molar refractivity (Wildman–Crippen MR) is 80.3 cm³/mol. The summed E-state index contributed by atoms with van der Waals surface area (Å²) < 4.78 is 14.5. The molecule has 0 unspecified atom stereocenters. The van der Waals surface area contributed by atoms with Crippen LogP contribution < -0.4 is 0 Å². The Morgan fingerprint density at radius 3 is 2.64 bits per heavy atom. The first kappa shape index (κ1) is 15.0. The molecule has 0 N–H and O–H groups in total. The molecule has 3 rings (SSSR count). The topological polar surface area (TPSA) is 63.9 Å². The van der Waals surface area contributed by atoms with Gasteiger partial charge in [-0.2, -0.15) is 4.68 Å². The van der Waals surface area contributed by atoms with Crippen LogP contribution in [0.15, 0.2) is 29.4 Å². The Kier molecular flexibility index (Phi) is 4.67. The van der Waals surface area contributed by atoms with E-state index >= 15 is 0 Å². The molecule has 0 aliphatic carbocycles. The van der Waals surface area contributed by atoms with Crippen LogP contribution >= 0.6 is 11.8 Å². The lowest BCUT2D eigenvalue weighted by Gasteiger charge is -2.26. The number of hydrogen-bond acceptors (Lipinski definition) is 5. The minimum absolute atomic E-state index is 0.110. The number of thioether (sulfide) groups is 1. The SMILES string of the molecule is O=C(CSc1nnnn1-c1ccc(F)cc1)N1CCCCC1. The predicted octanol–water partition coefficient (Wildman–Crippen LogP) is 1.91. The summed E-state index contributed by atoms with van der Waals surface area (Å²) in [5.41, 5.74) is 0.666. The van der Waals surface area contributed by atoms with Gasteiger partial charge in [-0.1, -0.05) is 11.8 Å². The lowest BCUT2D eigenvalue weighted by Crippen LogP contribution is -2.36. The molecule has 1 aliphatic heterocycles. The molecule has 0 bridgehead atoms. The van der Waals surface area contributed by atoms with E-state index in [0.29, 0.717) is 16.6 Å². The summed E-state index contributed by atoms with van der Waals surface area (Å²) in [6, 6.07) is 5.90. The van der Waals surface area contributed by atoms with E-state index in [1.807, 2.05) is 4.90 Å². The summed E-state index contributed by atoms with van der Waals surface area (Å²) in [5.74, 6) is 0.103. The van der Waals surface area contributed by atoms with Gasteiger partial charge in [-0.15, -0.1) is 5.10 Å². The number of nitrogens with zero attached hydrogens (tertiary/aromatic N) is 5. The van der Waals surface area contributed by atoms with Crippen LogP contribution in [0.2, 0.25) is 0 Å². The van der Waals surface area contributed by atoms with Gasteiger partial charge in [0.25, 0.3) is 0 Å². The van der Waals surface area contributed by atoms with Crippen molar-refractivity contribution in [1.29, 1.82) is 0 Å². The van der Waals surface area contributed by atoms with Crippen LogP contribution in [0.4, 0.5) is 4.39 Å². The molecule has 2 aromatic rings. The van der Waals surface area contributed by atoms with Crippen molar-refractivity contribution in [2.45, 2.75) is 24.4 Å². The van der Waals surface area contributed by atoms with Gasteiger partial charge >= 0.3 is 0 Å². The number of rotatable bonds is 4. The zero-order valence-electron chi connectivity index (χ0n) is 12.0. The molecule has 1 aliphatic rings. The van der Waals surface area contributed by atoms with Gasteiger partial charge in [0, 0.05) is 13.1 Å². The minimum Gasteiger partial charge on any atom is -0.342 e. The smallest absolute Gasteiger partial charge is 0.233 e. The van der Waals surface area contributed by atoms with Crippen LogP contribution in [0.1, 0.15) is 19.3 Å². The first-order chi connectivity index (χ1) is 10.7. The number of aromatic nitrogens is 4. The van der Waals surface area contributed by atoms with Crippen LogP contribution in [0.25, 0.3) is 5.69 Å². The van der Waals surface area contributed by atoms with Gasteiger partial charge in [0.2, 0.25) is 11.1 Å². The zero-order valence-corrected chi connectivity index (χ0v) is 12.8. The molecule has 1 saturated heterocycles. The van der Waals surface area contributed by atoms with E-state index in [2.05, 4.69) is 15.5 Å². The van der Waals surface area contributed by atoms with E-state index in [1.165, 1.54) is 35.0 Å². The number of tetrazole rings is 1. The Balaban J connectivity index is 1.65. The number of piperidine rings is 1. The first-order valence-electron chi connectivity index (χ1n) is 7.19. The quantitative estimate of drug-likeness (QED) is 0.805. The fraction of sp³-hybridized carbons (Fsp3) is 0.429. The third kappa shape index (κ3) is 3.44. The Labute approximate surface area is 131 Å². The molecular formula is C14H16FN5OS. The van der Waals surface area contributed by atoms with Gasteiger partial charge < -0.3 is 4.90 Å².